The highest BCUT2D eigenvalue weighted by Crippen LogP contribution is 2.30. The number of hydrogen-bond donors (Lipinski definition) is 2. The van der Waals surface area contributed by atoms with Gasteiger partial charge >= 0.3 is 5.97 Å². The average molecular weight is 326 g/mol. The zero-order valence-electron chi connectivity index (χ0n) is 9.44. The van der Waals surface area contributed by atoms with Crippen LogP contribution in [0.25, 0.3) is 0 Å². The number of carboxylic acids is 1. The Kier molecular flexibility index (Phi) is 7.26. The molecule has 1 aromatic carbocycles. The minimum atomic E-state index is -0.965. The molecule has 0 spiro atoms. The van der Waals surface area contributed by atoms with Crippen molar-refractivity contribution >= 4 is 52.7 Å². The van der Waals surface area contributed by atoms with Crippen LogP contribution >= 0.6 is 46.7 Å². The van der Waals surface area contributed by atoms with Crippen molar-refractivity contribution in [2.24, 2.45) is 5.73 Å². The van der Waals surface area contributed by atoms with Gasteiger partial charge in [-0.05, 0) is 18.2 Å². The summed E-state index contributed by atoms with van der Waals surface area (Å²) in [7, 11) is 0. The molecular formula is C11H13Cl2NO2S2. The molecular weight excluding hydrogens is 313 g/mol. The van der Waals surface area contributed by atoms with Crippen LogP contribution in [0.3, 0.4) is 0 Å². The summed E-state index contributed by atoms with van der Waals surface area (Å²) in [6.07, 6.45) is 0. The maximum atomic E-state index is 10.5. The third-order valence-electron chi connectivity index (χ3n) is 1.99. The lowest BCUT2D eigenvalue weighted by Crippen LogP contribution is -2.32. The molecule has 1 aromatic rings. The summed E-state index contributed by atoms with van der Waals surface area (Å²) in [5.74, 6) is 1.10. The Morgan fingerprint density at radius 3 is 2.78 bits per heavy atom. The zero-order chi connectivity index (χ0) is 13.5. The van der Waals surface area contributed by atoms with Crippen LogP contribution in [-0.2, 0) is 4.79 Å². The lowest BCUT2D eigenvalue weighted by molar-refractivity contribution is -0.137. The first-order valence-corrected chi connectivity index (χ1v) is 8.04. The van der Waals surface area contributed by atoms with Crippen molar-refractivity contribution in [3.8, 4) is 0 Å². The number of nitrogens with two attached hydrogens (primary N) is 1. The fourth-order valence-electron chi connectivity index (χ4n) is 1.08. The third-order valence-corrected chi connectivity index (χ3v) is 5.07. The Labute approximate surface area is 124 Å². The average Bonchev–Trinajstić information content (AvgIpc) is 2.32. The highest BCUT2D eigenvalue weighted by Gasteiger charge is 2.10. The van der Waals surface area contributed by atoms with Gasteiger partial charge < -0.3 is 10.8 Å². The smallest absolute Gasteiger partial charge is 0.321 e. The van der Waals surface area contributed by atoms with Crippen LogP contribution in [0.4, 0.5) is 0 Å². The molecule has 7 heteroatoms. The minimum absolute atomic E-state index is 0.416. The molecule has 3 N–H and O–H groups in total. The highest BCUT2D eigenvalue weighted by molar-refractivity contribution is 8.03. The first-order valence-electron chi connectivity index (χ1n) is 5.14. The summed E-state index contributed by atoms with van der Waals surface area (Å²) < 4.78 is 0. The van der Waals surface area contributed by atoms with E-state index >= 15 is 0 Å². The van der Waals surface area contributed by atoms with Crippen molar-refractivity contribution in [3.05, 3.63) is 28.2 Å². The molecule has 0 radical (unpaired) electrons. The Morgan fingerprint density at radius 1 is 1.39 bits per heavy atom. The van der Waals surface area contributed by atoms with E-state index in [4.69, 9.17) is 34.0 Å². The van der Waals surface area contributed by atoms with Crippen molar-refractivity contribution in [1.29, 1.82) is 0 Å². The summed E-state index contributed by atoms with van der Waals surface area (Å²) in [6.45, 7) is 0. The van der Waals surface area contributed by atoms with E-state index in [0.29, 0.717) is 15.8 Å². The summed E-state index contributed by atoms with van der Waals surface area (Å²) in [4.78, 5) is 11.4. The van der Waals surface area contributed by atoms with Crippen LogP contribution in [0.1, 0.15) is 0 Å². The molecule has 0 saturated carbocycles. The van der Waals surface area contributed by atoms with Gasteiger partial charge in [0.1, 0.15) is 6.04 Å². The summed E-state index contributed by atoms with van der Waals surface area (Å²) in [5, 5.41) is 9.94. The van der Waals surface area contributed by atoms with Crippen LogP contribution in [0.5, 0.6) is 0 Å². The van der Waals surface area contributed by atoms with E-state index in [0.717, 1.165) is 16.4 Å². The monoisotopic (exact) mass is 325 g/mol. The van der Waals surface area contributed by atoms with Crippen molar-refractivity contribution < 1.29 is 9.90 Å². The first-order chi connectivity index (χ1) is 8.50. The van der Waals surface area contributed by atoms with E-state index in [1.807, 2.05) is 6.07 Å². The summed E-state index contributed by atoms with van der Waals surface area (Å²) in [5.41, 5.74) is 5.39. The van der Waals surface area contributed by atoms with Gasteiger partial charge in [0.05, 0.1) is 5.02 Å². The second kappa shape index (κ2) is 8.17. The van der Waals surface area contributed by atoms with E-state index in [9.17, 15) is 4.79 Å². The van der Waals surface area contributed by atoms with E-state index in [-0.39, 0.29) is 0 Å². The number of aliphatic carboxylic acids is 1. The van der Waals surface area contributed by atoms with Gasteiger partial charge in [0, 0.05) is 27.2 Å². The second-order valence-electron chi connectivity index (χ2n) is 3.44. The van der Waals surface area contributed by atoms with Crippen molar-refractivity contribution in [2.75, 3.05) is 17.3 Å². The van der Waals surface area contributed by atoms with Gasteiger partial charge in [-0.3, -0.25) is 4.79 Å². The quantitative estimate of drug-likeness (QED) is 0.595. The molecule has 0 aliphatic heterocycles. The highest BCUT2D eigenvalue weighted by atomic mass is 35.5. The fourth-order valence-corrected chi connectivity index (χ4v) is 3.60. The van der Waals surface area contributed by atoms with Gasteiger partial charge in [-0.1, -0.05) is 23.2 Å². The molecule has 0 amide bonds. The maximum Gasteiger partial charge on any atom is 0.321 e. The minimum Gasteiger partial charge on any atom is -0.480 e. The van der Waals surface area contributed by atoms with Crippen molar-refractivity contribution in [3.63, 3.8) is 0 Å². The number of carbonyl (C=O) groups is 1. The van der Waals surface area contributed by atoms with Crippen LogP contribution < -0.4 is 5.73 Å². The predicted octanol–water partition coefficient (Wildman–Crippen LogP) is 3.23. The Bertz CT molecular complexity index is 418. The number of halogens is 2. The van der Waals surface area contributed by atoms with Gasteiger partial charge in [0.15, 0.2) is 0 Å². The summed E-state index contributed by atoms with van der Waals surface area (Å²) in [6, 6.07) is 4.53. The molecule has 0 aliphatic carbocycles. The number of hydrogen-bond acceptors (Lipinski definition) is 4. The van der Waals surface area contributed by atoms with Gasteiger partial charge in [0.25, 0.3) is 0 Å². The van der Waals surface area contributed by atoms with Gasteiger partial charge in [-0.15, -0.1) is 11.8 Å². The molecule has 0 fully saturated rings. The topological polar surface area (TPSA) is 63.3 Å². The Balaban J connectivity index is 2.26. The Hall–Kier alpha value is -0.0700. The molecule has 0 saturated heterocycles. The molecule has 0 aliphatic rings. The van der Waals surface area contributed by atoms with E-state index in [1.165, 1.54) is 11.8 Å². The zero-order valence-corrected chi connectivity index (χ0v) is 12.6. The van der Waals surface area contributed by atoms with Crippen LogP contribution in [0.2, 0.25) is 10.0 Å². The van der Waals surface area contributed by atoms with Crippen molar-refractivity contribution in [2.45, 2.75) is 10.9 Å². The number of rotatable bonds is 7. The lowest BCUT2D eigenvalue weighted by atomic mass is 10.4. The van der Waals surface area contributed by atoms with Gasteiger partial charge in [-0.2, -0.15) is 11.8 Å². The summed E-state index contributed by atoms with van der Waals surface area (Å²) >= 11 is 15.0. The molecule has 0 aromatic heterocycles. The van der Waals surface area contributed by atoms with Gasteiger partial charge in [0.2, 0.25) is 0 Å². The maximum absolute atomic E-state index is 10.5. The SMILES string of the molecule is N[C@H](CSCCSc1cc(Cl)ccc1Cl)C(=O)O. The number of carboxylic acid groups (broad SMARTS) is 1. The molecule has 0 heterocycles. The molecule has 1 atom stereocenters. The lowest BCUT2D eigenvalue weighted by Gasteiger charge is -2.07. The molecule has 18 heavy (non-hydrogen) atoms. The van der Waals surface area contributed by atoms with Gasteiger partial charge in [-0.25, -0.2) is 0 Å². The third kappa shape index (κ3) is 5.71. The standard InChI is InChI=1S/C11H13Cl2NO2S2/c12-7-1-2-8(13)10(5-7)18-4-3-17-6-9(14)11(15)16/h1-2,5,9H,3-4,6,14H2,(H,15,16)/t9-/m1/s1. The van der Waals surface area contributed by atoms with Crippen molar-refractivity contribution in [1.82, 2.24) is 0 Å². The molecule has 3 nitrogen and oxygen atoms in total. The second-order valence-corrected chi connectivity index (χ2v) is 6.57. The van der Waals surface area contributed by atoms with E-state index < -0.39 is 12.0 Å². The Morgan fingerprint density at radius 2 is 2.11 bits per heavy atom. The van der Waals surface area contributed by atoms with E-state index in [1.54, 1.807) is 23.9 Å². The van der Waals surface area contributed by atoms with Crippen LogP contribution in [0.15, 0.2) is 23.1 Å². The first kappa shape index (κ1) is 16.0. The molecule has 0 unspecified atom stereocenters. The molecule has 100 valence electrons. The predicted molar refractivity (Wildman–Crippen MR) is 80.1 cm³/mol. The number of thioether (sulfide) groups is 2. The van der Waals surface area contributed by atoms with E-state index in [2.05, 4.69) is 0 Å². The molecule has 1 rings (SSSR count). The van der Waals surface area contributed by atoms with Crippen LogP contribution in [0, 0.1) is 0 Å². The normalized spacial score (nSPS) is 12.4. The fraction of sp³-hybridized carbons (Fsp3) is 0.364. The van der Waals surface area contributed by atoms with Crippen LogP contribution in [-0.4, -0.2) is 34.4 Å². The largest absolute Gasteiger partial charge is 0.480 e. The number of benzene rings is 1. The molecule has 0 bridgehead atoms.